The Morgan fingerprint density at radius 2 is 1.87 bits per heavy atom. The first-order valence-electron chi connectivity index (χ1n) is 9.59. The van der Waals surface area contributed by atoms with E-state index in [1.165, 1.54) is 43.9 Å². The molecule has 0 aliphatic carbocycles. The van der Waals surface area contributed by atoms with Crippen molar-refractivity contribution in [1.29, 1.82) is 0 Å². The number of benzene rings is 1. The van der Waals surface area contributed by atoms with Crippen molar-refractivity contribution in [2.75, 3.05) is 46.8 Å². The van der Waals surface area contributed by atoms with Crippen molar-refractivity contribution in [2.45, 2.75) is 11.4 Å². The fraction of sp³-hybridized carbons (Fsp3) is 0.400. The number of amides is 2. The van der Waals surface area contributed by atoms with E-state index in [2.05, 4.69) is 27.0 Å². The molecule has 30 heavy (non-hydrogen) atoms. The Bertz CT molecular complexity index is 982. The van der Waals surface area contributed by atoms with Crippen LogP contribution in [0.1, 0.15) is 15.9 Å². The number of hydrogen-bond acceptors (Lipinski definition) is 6. The highest BCUT2D eigenvalue weighted by Crippen LogP contribution is 2.15. The van der Waals surface area contributed by atoms with Crippen LogP contribution < -0.4 is 5.32 Å². The quantitative estimate of drug-likeness (QED) is 0.682. The highest BCUT2D eigenvalue weighted by atomic mass is 32.2. The Morgan fingerprint density at radius 1 is 1.13 bits per heavy atom. The van der Waals surface area contributed by atoms with Gasteiger partial charge in [0.1, 0.15) is 0 Å². The number of hydrogen-bond donors (Lipinski definition) is 1. The van der Waals surface area contributed by atoms with Crippen LogP contribution in [0.25, 0.3) is 0 Å². The summed E-state index contributed by atoms with van der Waals surface area (Å²) in [6.45, 7) is 3.59. The van der Waals surface area contributed by atoms with Crippen LogP contribution in [-0.4, -0.2) is 81.2 Å². The second-order valence-corrected chi connectivity index (χ2v) is 10.2. The third-order valence-electron chi connectivity index (χ3n) is 4.99. The lowest BCUT2D eigenvalue weighted by molar-refractivity contribution is -0.131. The van der Waals surface area contributed by atoms with E-state index in [-0.39, 0.29) is 22.9 Å². The van der Waals surface area contributed by atoms with Crippen LogP contribution in [0.4, 0.5) is 0 Å². The Hall–Kier alpha value is -2.27. The SMILES string of the molecule is CN(C)S(=O)(=O)c1cccc(C(=O)NCC(=O)N2CCN(Cc3ccsc3)CC2)c1. The molecule has 0 spiro atoms. The zero-order valence-electron chi connectivity index (χ0n) is 17.1. The molecule has 1 N–H and O–H groups in total. The van der Waals surface area contributed by atoms with E-state index in [1.807, 2.05) is 0 Å². The summed E-state index contributed by atoms with van der Waals surface area (Å²) < 4.78 is 25.6. The van der Waals surface area contributed by atoms with Gasteiger partial charge in [0, 0.05) is 52.4 Å². The van der Waals surface area contributed by atoms with Crippen LogP contribution in [0, 0.1) is 0 Å². The molecule has 10 heteroatoms. The van der Waals surface area contributed by atoms with Gasteiger partial charge in [0.05, 0.1) is 11.4 Å². The number of piperazine rings is 1. The smallest absolute Gasteiger partial charge is 0.251 e. The summed E-state index contributed by atoms with van der Waals surface area (Å²) in [5, 5.41) is 6.79. The maximum atomic E-state index is 12.5. The van der Waals surface area contributed by atoms with Crippen molar-refractivity contribution in [3.05, 3.63) is 52.2 Å². The highest BCUT2D eigenvalue weighted by molar-refractivity contribution is 7.89. The molecule has 0 radical (unpaired) electrons. The molecule has 2 heterocycles. The number of nitrogens with zero attached hydrogens (tertiary/aromatic N) is 3. The van der Waals surface area contributed by atoms with Gasteiger partial charge < -0.3 is 10.2 Å². The van der Waals surface area contributed by atoms with Crippen LogP contribution in [-0.2, 0) is 21.4 Å². The van der Waals surface area contributed by atoms with Crippen molar-refractivity contribution < 1.29 is 18.0 Å². The van der Waals surface area contributed by atoms with Crippen molar-refractivity contribution in [2.24, 2.45) is 0 Å². The van der Waals surface area contributed by atoms with E-state index in [0.29, 0.717) is 13.1 Å². The standard InChI is InChI=1S/C20H26N4O4S2/c1-22(2)30(27,28)18-5-3-4-17(12-18)20(26)21-13-19(25)24-9-7-23(8-10-24)14-16-6-11-29-15-16/h3-6,11-12,15H,7-10,13-14H2,1-2H3,(H,21,26). The molecule has 0 bridgehead atoms. The molecular formula is C20H26N4O4S2. The van der Waals surface area contributed by atoms with E-state index >= 15 is 0 Å². The molecule has 0 saturated carbocycles. The first kappa shape index (κ1) is 22.4. The molecule has 2 aromatic rings. The van der Waals surface area contributed by atoms with Gasteiger partial charge in [0.15, 0.2) is 0 Å². The van der Waals surface area contributed by atoms with E-state index in [0.717, 1.165) is 23.9 Å². The van der Waals surface area contributed by atoms with Crippen molar-refractivity contribution in [1.82, 2.24) is 19.4 Å². The van der Waals surface area contributed by atoms with Gasteiger partial charge in [0.2, 0.25) is 15.9 Å². The monoisotopic (exact) mass is 450 g/mol. The van der Waals surface area contributed by atoms with Gasteiger partial charge in [-0.1, -0.05) is 6.07 Å². The van der Waals surface area contributed by atoms with Gasteiger partial charge in [-0.3, -0.25) is 14.5 Å². The summed E-state index contributed by atoms with van der Waals surface area (Å²) in [5.74, 6) is -0.620. The van der Waals surface area contributed by atoms with Crippen LogP contribution in [0.3, 0.4) is 0 Å². The van der Waals surface area contributed by atoms with Gasteiger partial charge in [-0.15, -0.1) is 0 Å². The number of carbonyl (C=O) groups excluding carboxylic acids is 2. The number of sulfonamides is 1. The molecular weight excluding hydrogens is 424 g/mol. The number of thiophene rings is 1. The molecule has 1 aliphatic rings. The van der Waals surface area contributed by atoms with Crippen LogP contribution >= 0.6 is 11.3 Å². The van der Waals surface area contributed by atoms with Crippen LogP contribution in [0.5, 0.6) is 0 Å². The average molecular weight is 451 g/mol. The van der Waals surface area contributed by atoms with E-state index in [9.17, 15) is 18.0 Å². The largest absolute Gasteiger partial charge is 0.343 e. The van der Waals surface area contributed by atoms with E-state index < -0.39 is 15.9 Å². The van der Waals surface area contributed by atoms with E-state index in [1.54, 1.807) is 16.2 Å². The van der Waals surface area contributed by atoms with Gasteiger partial charge in [-0.05, 0) is 40.6 Å². The third-order valence-corrected chi connectivity index (χ3v) is 7.53. The summed E-state index contributed by atoms with van der Waals surface area (Å²) in [7, 11) is -0.769. The molecule has 1 aliphatic heterocycles. The zero-order valence-corrected chi connectivity index (χ0v) is 18.7. The minimum atomic E-state index is -3.63. The third kappa shape index (κ3) is 5.45. The Morgan fingerprint density at radius 3 is 2.50 bits per heavy atom. The summed E-state index contributed by atoms with van der Waals surface area (Å²) in [5.41, 5.74) is 1.48. The molecule has 1 aromatic carbocycles. The molecule has 2 amide bonds. The lowest BCUT2D eigenvalue weighted by atomic mass is 10.2. The molecule has 0 atom stereocenters. The molecule has 0 unspecified atom stereocenters. The van der Waals surface area contributed by atoms with Gasteiger partial charge >= 0.3 is 0 Å². The van der Waals surface area contributed by atoms with Gasteiger partial charge in [-0.2, -0.15) is 11.3 Å². The summed E-state index contributed by atoms with van der Waals surface area (Å²) >= 11 is 1.68. The highest BCUT2D eigenvalue weighted by Gasteiger charge is 2.22. The zero-order chi connectivity index (χ0) is 21.7. The van der Waals surface area contributed by atoms with Crippen LogP contribution in [0.15, 0.2) is 46.0 Å². The van der Waals surface area contributed by atoms with Crippen molar-refractivity contribution >= 4 is 33.2 Å². The molecule has 1 aromatic heterocycles. The second-order valence-electron chi connectivity index (χ2n) is 7.29. The maximum Gasteiger partial charge on any atom is 0.251 e. The molecule has 8 nitrogen and oxygen atoms in total. The second kappa shape index (κ2) is 9.69. The first-order chi connectivity index (χ1) is 14.3. The Balaban J connectivity index is 1.50. The predicted molar refractivity (Wildman–Crippen MR) is 116 cm³/mol. The average Bonchev–Trinajstić information content (AvgIpc) is 3.25. The lowest BCUT2D eigenvalue weighted by Gasteiger charge is -2.34. The molecule has 162 valence electrons. The van der Waals surface area contributed by atoms with Crippen LogP contribution in [0.2, 0.25) is 0 Å². The van der Waals surface area contributed by atoms with Crippen molar-refractivity contribution in [3.63, 3.8) is 0 Å². The molecule has 1 fully saturated rings. The van der Waals surface area contributed by atoms with E-state index in [4.69, 9.17) is 0 Å². The first-order valence-corrected chi connectivity index (χ1v) is 12.0. The maximum absolute atomic E-state index is 12.5. The lowest BCUT2D eigenvalue weighted by Crippen LogP contribution is -2.50. The fourth-order valence-corrected chi connectivity index (χ4v) is 4.78. The Kier molecular flexibility index (Phi) is 7.24. The molecule has 3 rings (SSSR count). The fourth-order valence-electron chi connectivity index (χ4n) is 3.17. The minimum absolute atomic E-state index is 0.0354. The minimum Gasteiger partial charge on any atom is -0.343 e. The summed E-state index contributed by atoms with van der Waals surface area (Å²) in [6.07, 6.45) is 0. The van der Waals surface area contributed by atoms with Gasteiger partial charge in [0.25, 0.3) is 5.91 Å². The predicted octanol–water partition coefficient (Wildman–Crippen LogP) is 1.07. The summed E-state index contributed by atoms with van der Waals surface area (Å²) in [6, 6.07) is 7.90. The van der Waals surface area contributed by atoms with Gasteiger partial charge in [-0.25, -0.2) is 12.7 Å². The normalized spacial score (nSPS) is 15.4. The van der Waals surface area contributed by atoms with Crippen molar-refractivity contribution in [3.8, 4) is 0 Å². The molecule has 1 saturated heterocycles. The number of rotatable bonds is 7. The number of nitrogens with one attached hydrogen (secondary N) is 1. The Labute approximate surface area is 181 Å². The number of carbonyl (C=O) groups is 2. The topological polar surface area (TPSA) is 90.0 Å². The summed E-state index contributed by atoms with van der Waals surface area (Å²) in [4.78, 5) is 29.0.